The molecule has 0 aliphatic rings. The summed E-state index contributed by atoms with van der Waals surface area (Å²) in [5, 5.41) is 3.14. The van der Waals surface area contributed by atoms with Crippen molar-refractivity contribution in [3.63, 3.8) is 0 Å². The smallest absolute Gasteiger partial charge is 0.274 e. The number of nitrogens with one attached hydrogen (secondary N) is 1. The first kappa shape index (κ1) is 17.4. The van der Waals surface area contributed by atoms with Crippen LogP contribution in [-0.4, -0.2) is 28.0 Å². The Morgan fingerprint density at radius 3 is 2.48 bits per heavy atom. The summed E-state index contributed by atoms with van der Waals surface area (Å²) in [5.74, 6) is -4.61. The number of fused-ring (bicyclic) bond motifs is 1. The minimum Gasteiger partial charge on any atom is -0.274 e. The summed E-state index contributed by atoms with van der Waals surface area (Å²) in [4.78, 5) is 7.89. The highest BCUT2D eigenvalue weighted by molar-refractivity contribution is 7.92. The minimum absolute atomic E-state index is 0.0396. The van der Waals surface area contributed by atoms with E-state index in [2.05, 4.69) is 15.1 Å². The van der Waals surface area contributed by atoms with E-state index in [0.717, 1.165) is 10.6 Å². The normalized spacial score (nSPS) is 11.9. The lowest BCUT2D eigenvalue weighted by molar-refractivity contribution is 0.449. The molecule has 3 aromatic rings. The summed E-state index contributed by atoms with van der Waals surface area (Å²) < 4.78 is 67.4. The second-order valence-corrected chi connectivity index (χ2v) is 6.97. The zero-order valence-corrected chi connectivity index (χ0v) is 14.3. The van der Waals surface area contributed by atoms with Gasteiger partial charge in [0.25, 0.3) is 15.2 Å². The summed E-state index contributed by atoms with van der Waals surface area (Å²) in [6.45, 7) is 3.16. The molecule has 0 fully saturated rings. The van der Waals surface area contributed by atoms with Crippen LogP contribution in [0.5, 0.6) is 0 Å². The molecule has 1 aromatic carbocycles. The molecule has 0 amide bonds. The predicted molar refractivity (Wildman–Crippen MR) is 82.4 cm³/mol. The molecular formula is C13H9ClF3N5O2S. The zero-order chi connectivity index (χ0) is 18.5. The molecule has 7 nitrogen and oxygen atoms in total. The van der Waals surface area contributed by atoms with Crippen LogP contribution in [-0.2, 0) is 10.0 Å². The highest BCUT2D eigenvalue weighted by Crippen LogP contribution is 2.24. The van der Waals surface area contributed by atoms with Crippen molar-refractivity contribution in [2.24, 2.45) is 0 Å². The van der Waals surface area contributed by atoms with Gasteiger partial charge in [0.15, 0.2) is 23.1 Å². The monoisotopic (exact) mass is 391 g/mol. The highest BCUT2D eigenvalue weighted by atomic mass is 35.5. The van der Waals surface area contributed by atoms with Crippen LogP contribution in [0.1, 0.15) is 11.5 Å². The SMILES string of the molecule is Cc1nc(C)n2nc(S(=O)(=O)Nc3ccc(F)c(F)c3F)nc2c1Cl. The fraction of sp³-hybridized carbons (Fsp3) is 0.154. The number of rotatable bonds is 3. The quantitative estimate of drug-likeness (QED) is 0.693. The summed E-state index contributed by atoms with van der Waals surface area (Å²) in [6.07, 6.45) is 0. The van der Waals surface area contributed by atoms with Gasteiger partial charge in [-0.2, -0.15) is 17.9 Å². The Morgan fingerprint density at radius 2 is 1.80 bits per heavy atom. The summed E-state index contributed by atoms with van der Waals surface area (Å²) in [6, 6.07) is 1.33. The van der Waals surface area contributed by atoms with Crippen molar-refractivity contribution in [1.29, 1.82) is 0 Å². The molecule has 3 rings (SSSR count). The van der Waals surface area contributed by atoms with Crippen LogP contribution in [0.25, 0.3) is 5.65 Å². The number of halogens is 4. The van der Waals surface area contributed by atoms with Gasteiger partial charge in [-0.3, -0.25) is 4.72 Å². The average Bonchev–Trinajstić information content (AvgIpc) is 3.00. The van der Waals surface area contributed by atoms with Crippen molar-refractivity contribution in [3.8, 4) is 0 Å². The number of sulfonamides is 1. The summed E-state index contributed by atoms with van der Waals surface area (Å²) in [5.41, 5.74) is -0.324. The maximum Gasteiger partial charge on any atom is 0.299 e. The molecule has 0 atom stereocenters. The molecule has 132 valence electrons. The fourth-order valence-corrected chi connectivity index (χ4v) is 3.17. The van der Waals surface area contributed by atoms with E-state index in [4.69, 9.17) is 11.6 Å². The Hall–Kier alpha value is -2.40. The van der Waals surface area contributed by atoms with E-state index in [-0.39, 0.29) is 10.7 Å². The average molecular weight is 392 g/mol. The third kappa shape index (κ3) is 2.89. The van der Waals surface area contributed by atoms with Crippen LogP contribution < -0.4 is 4.72 Å². The number of aryl methyl sites for hydroxylation is 2. The number of aromatic nitrogens is 4. The lowest BCUT2D eigenvalue weighted by atomic mass is 10.3. The van der Waals surface area contributed by atoms with Crippen molar-refractivity contribution in [2.75, 3.05) is 4.72 Å². The molecule has 0 saturated carbocycles. The topological polar surface area (TPSA) is 89.3 Å². The Labute approximate surface area is 144 Å². The molecule has 2 aromatic heterocycles. The van der Waals surface area contributed by atoms with Crippen molar-refractivity contribution in [1.82, 2.24) is 19.6 Å². The van der Waals surface area contributed by atoms with Gasteiger partial charge in [-0.25, -0.2) is 18.2 Å². The third-order valence-corrected chi connectivity index (χ3v) is 4.84. The number of hydrogen-bond acceptors (Lipinski definition) is 5. The third-order valence-electron chi connectivity index (χ3n) is 3.26. The first-order valence-electron chi connectivity index (χ1n) is 6.67. The van der Waals surface area contributed by atoms with Crippen LogP contribution in [0.15, 0.2) is 17.3 Å². The maximum atomic E-state index is 13.7. The van der Waals surface area contributed by atoms with Gasteiger partial charge in [0.2, 0.25) is 0 Å². The van der Waals surface area contributed by atoms with Gasteiger partial charge >= 0.3 is 0 Å². The number of benzene rings is 1. The number of hydrogen-bond donors (Lipinski definition) is 1. The molecule has 25 heavy (non-hydrogen) atoms. The largest absolute Gasteiger partial charge is 0.299 e. The number of anilines is 1. The predicted octanol–water partition coefficient (Wildman–Crippen LogP) is 2.61. The van der Waals surface area contributed by atoms with Crippen LogP contribution in [0.2, 0.25) is 5.02 Å². The minimum atomic E-state index is -4.48. The van der Waals surface area contributed by atoms with E-state index < -0.39 is 38.3 Å². The molecular weight excluding hydrogens is 383 g/mol. The Balaban J connectivity index is 2.10. The Morgan fingerprint density at radius 1 is 1.12 bits per heavy atom. The lowest BCUT2D eigenvalue weighted by Crippen LogP contribution is -2.16. The molecule has 2 heterocycles. The standard InChI is InChI=1S/C13H9ClF3N5O2S/c1-5-9(14)12-19-13(20-22(12)6(2)18-5)25(23,24)21-8-4-3-7(15)10(16)11(8)17/h3-4,21H,1-2H3. The van der Waals surface area contributed by atoms with Crippen LogP contribution in [0.3, 0.4) is 0 Å². The van der Waals surface area contributed by atoms with Gasteiger partial charge in [0, 0.05) is 0 Å². The van der Waals surface area contributed by atoms with E-state index in [9.17, 15) is 21.6 Å². The van der Waals surface area contributed by atoms with Crippen LogP contribution in [0, 0.1) is 31.3 Å². The molecule has 12 heteroatoms. The van der Waals surface area contributed by atoms with Gasteiger partial charge in [0.1, 0.15) is 10.8 Å². The first-order chi connectivity index (χ1) is 11.6. The van der Waals surface area contributed by atoms with Gasteiger partial charge in [-0.1, -0.05) is 11.6 Å². The molecule has 0 unspecified atom stereocenters. The van der Waals surface area contributed by atoms with E-state index in [1.165, 1.54) is 0 Å². The summed E-state index contributed by atoms with van der Waals surface area (Å²) >= 11 is 6.03. The number of nitrogens with zero attached hydrogens (tertiary/aromatic N) is 4. The van der Waals surface area contributed by atoms with Gasteiger partial charge in [-0.15, -0.1) is 5.10 Å². The van der Waals surface area contributed by atoms with Crippen LogP contribution >= 0.6 is 11.6 Å². The Bertz CT molecular complexity index is 1120. The van der Waals surface area contributed by atoms with E-state index in [1.807, 2.05) is 0 Å². The molecule has 0 radical (unpaired) electrons. The van der Waals surface area contributed by atoms with Gasteiger partial charge in [0.05, 0.1) is 11.4 Å². The highest BCUT2D eigenvalue weighted by Gasteiger charge is 2.25. The van der Waals surface area contributed by atoms with Crippen LogP contribution in [0.4, 0.5) is 18.9 Å². The maximum absolute atomic E-state index is 13.7. The molecule has 0 aliphatic carbocycles. The molecule has 0 bridgehead atoms. The Kier molecular flexibility index (Phi) is 4.07. The van der Waals surface area contributed by atoms with Crippen molar-refractivity contribution in [3.05, 3.63) is 46.1 Å². The van der Waals surface area contributed by atoms with E-state index in [0.29, 0.717) is 17.6 Å². The summed E-state index contributed by atoms with van der Waals surface area (Å²) in [7, 11) is -4.48. The second-order valence-electron chi connectivity index (χ2n) is 5.02. The molecule has 0 aliphatic heterocycles. The van der Waals surface area contributed by atoms with Crippen molar-refractivity contribution < 1.29 is 21.6 Å². The van der Waals surface area contributed by atoms with Crippen molar-refractivity contribution in [2.45, 2.75) is 19.0 Å². The van der Waals surface area contributed by atoms with E-state index >= 15 is 0 Å². The lowest BCUT2D eigenvalue weighted by Gasteiger charge is -2.06. The molecule has 0 spiro atoms. The second kappa shape index (κ2) is 5.85. The van der Waals surface area contributed by atoms with Crippen molar-refractivity contribution >= 4 is 33.0 Å². The zero-order valence-electron chi connectivity index (χ0n) is 12.7. The molecule has 0 saturated heterocycles. The fourth-order valence-electron chi connectivity index (χ4n) is 2.07. The molecule has 1 N–H and O–H groups in total. The van der Waals surface area contributed by atoms with Gasteiger partial charge in [-0.05, 0) is 26.0 Å². The first-order valence-corrected chi connectivity index (χ1v) is 8.53. The van der Waals surface area contributed by atoms with Gasteiger partial charge < -0.3 is 0 Å². The van der Waals surface area contributed by atoms with E-state index in [1.54, 1.807) is 18.6 Å².